The Labute approximate surface area is 93.6 Å². The summed E-state index contributed by atoms with van der Waals surface area (Å²) in [6.07, 6.45) is 0.824. The Bertz CT molecular complexity index is 318. The molecule has 0 aliphatic rings. The Balaban J connectivity index is 2.95. The van der Waals surface area contributed by atoms with Gasteiger partial charge in [0.25, 0.3) is 0 Å². The Morgan fingerprint density at radius 1 is 1.43 bits per heavy atom. The summed E-state index contributed by atoms with van der Waals surface area (Å²) in [5, 5.41) is 0. The van der Waals surface area contributed by atoms with Crippen LogP contribution in [0.4, 0.5) is 0 Å². The lowest BCUT2D eigenvalue weighted by Crippen LogP contribution is -2.34. The fourth-order valence-corrected chi connectivity index (χ4v) is 1.69. The van der Waals surface area contributed by atoms with Gasteiger partial charge in [-0.1, -0.05) is 15.9 Å². The first-order valence-electron chi connectivity index (χ1n) is 4.54. The van der Waals surface area contributed by atoms with Crippen molar-refractivity contribution in [1.82, 2.24) is 0 Å². The Morgan fingerprint density at radius 3 is 2.57 bits per heavy atom. The maximum Gasteiger partial charge on any atom is 0.119 e. The lowest BCUT2D eigenvalue weighted by Gasteiger charge is -2.19. The molecule has 3 heteroatoms. The van der Waals surface area contributed by atoms with Crippen molar-refractivity contribution in [2.75, 3.05) is 7.11 Å². The van der Waals surface area contributed by atoms with E-state index >= 15 is 0 Å². The summed E-state index contributed by atoms with van der Waals surface area (Å²) in [7, 11) is 1.67. The zero-order valence-electron chi connectivity index (χ0n) is 8.80. The van der Waals surface area contributed by atoms with E-state index in [4.69, 9.17) is 10.5 Å². The number of hydrogen-bond donors (Lipinski definition) is 1. The van der Waals surface area contributed by atoms with Crippen molar-refractivity contribution in [1.29, 1.82) is 0 Å². The lowest BCUT2D eigenvalue weighted by atomic mass is 9.96. The molecule has 0 fully saturated rings. The summed E-state index contributed by atoms with van der Waals surface area (Å²) in [6.45, 7) is 4.03. The minimum Gasteiger partial charge on any atom is -0.497 e. The summed E-state index contributed by atoms with van der Waals surface area (Å²) < 4.78 is 6.24. The van der Waals surface area contributed by atoms with Crippen molar-refractivity contribution in [3.8, 4) is 5.75 Å². The second kappa shape index (κ2) is 4.32. The number of hydrogen-bond acceptors (Lipinski definition) is 2. The topological polar surface area (TPSA) is 35.2 Å². The first-order valence-corrected chi connectivity index (χ1v) is 5.33. The Morgan fingerprint density at radius 2 is 2.07 bits per heavy atom. The fraction of sp³-hybridized carbons (Fsp3) is 0.455. The van der Waals surface area contributed by atoms with Crippen LogP contribution in [-0.4, -0.2) is 12.6 Å². The SMILES string of the molecule is COc1ccc(Br)c(CC(C)(C)N)c1. The third-order valence-electron chi connectivity index (χ3n) is 1.90. The van der Waals surface area contributed by atoms with E-state index in [2.05, 4.69) is 15.9 Å². The van der Waals surface area contributed by atoms with Gasteiger partial charge in [0.1, 0.15) is 5.75 Å². The minimum atomic E-state index is -0.200. The molecule has 0 heterocycles. The summed E-state index contributed by atoms with van der Waals surface area (Å²) >= 11 is 3.50. The molecular formula is C11H16BrNO. The zero-order valence-corrected chi connectivity index (χ0v) is 10.4. The van der Waals surface area contributed by atoms with Gasteiger partial charge in [0.2, 0.25) is 0 Å². The summed E-state index contributed by atoms with van der Waals surface area (Å²) in [6, 6.07) is 5.93. The van der Waals surface area contributed by atoms with E-state index in [1.54, 1.807) is 7.11 Å². The smallest absolute Gasteiger partial charge is 0.119 e. The molecule has 14 heavy (non-hydrogen) atoms. The molecule has 0 spiro atoms. The molecule has 78 valence electrons. The molecule has 0 bridgehead atoms. The van der Waals surface area contributed by atoms with E-state index in [-0.39, 0.29) is 5.54 Å². The molecule has 0 radical (unpaired) electrons. The fourth-order valence-electron chi connectivity index (χ4n) is 1.30. The summed E-state index contributed by atoms with van der Waals surface area (Å²) in [4.78, 5) is 0. The number of halogens is 1. The number of rotatable bonds is 3. The van der Waals surface area contributed by atoms with E-state index < -0.39 is 0 Å². The number of benzene rings is 1. The molecule has 2 N–H and O–H groups in total. The van der Waals surface area contributed by atoms with Crippen molar-refractivity contribution < 1.29 is 4.74 Å². The minimum absolute atomic E-state index is 0.200. The van der Waals surface area contributed by atoms with Crippen LogP contribution < -0.4 is 10.5 Å². The summed E-state index contributed by atoms with van der Waals surface area (Å²) in [5.41, 5.74) is 6.94. The molecular weight excluding hydrogens is 242 g/mol. The maximum absolute atomic E-state index is 5.97. The molecule has 1 rings (SSSR count). The van der Waals surface area contributed by atoms with Crippen LogP contribution >= 0.6 is 15.9 Å². The second-order valence-corrected chi connectivity index (χ2v) is 4.98. The Hall–Kier alpha value is -0.540. The van der Waals surface area contributed by atoms with E-state index in [0.717, 1.165) is 16.6 Å². The van der Waals surface area contributed by atoms with Crippen molar-refractivity contribution in [3.63, 3.8) is 0 Å². The van der Waals surface area contributed by atoms with Crippen LogP contribution in [-0.2, 0) is 6.42 Å². The third kappa shape index (κ3) is 3.31. The molecule has 1 aromatic rings. The predicted molar refractivity (Wildman–Crippen MR) is 62.7 cm³/mol. The van der Waals surface area contributed by atoms with E-state index in [9.17, 15) is 0 Å². The van der Waals surface area contributed by atoms with E-state index in [1.165, 1.54) is 5.56 Å². The van der Waals surface area contributed by atoms with Crippen LogP contribution in [0.15, 0.2) is 22.7 Å². The highest BCUT2D eigenvalue weighted by Crippen LogP contribution is 2.25. The average molecular weight is 258 g/mol. The van der Waals surface area contributed by atoms with Gasteiger partial charge in [-0.2, -0.15) is 0 Å². The quantitative estimate of drug-likeness (QED) is 0.904. The van der Waals surface area contributed by atoms with Crippen LogP contribution in [0.5, 0.6) is 5.75 Å². The molecule has 0 aliphatic heterocycles. The van der Waals surface area contributed by atoms with Crippen molar-refractivity contribution in [2.45, 2.75) is 25.8 Å². The molecule has 0 saturated heterocycles. The van der Waals surface area contributed by atoms with Crippen LogP contribution in [0.1, 0.15) is 19.4 Å². The van der Waals surface area contributed by atoms with Crippen molar-refractivity contribution in [3.05, 3.63) is 28.2 Å². The van der Waals surface area contributed by atoms with Gasteiger partial charge in [-0.25, -0.2) is 0 Å². The Kier molecular flexibility index (Phi) is 3.56. The van der Waals surface area contributed by atoms with Crippen molar-refractivity contribution in [2.24, 2.45) is 5.73 Å². The van der Waals surface area contributed by atoms with Crippen LogP contribution in [0.3, 0.4) is 0 Å². The van der Waals surface area contributed by atoms with Gasteiger partial charge in [-0.15, -0.1) is 0 Å². The highest BCUT2D eigenvalue weighted by Gasteiger charge is 2.14. The standard InChI is InChI=1S/C11H16BrNO/c1-11(2,13)7-8-6-9(14-3)4-5-10(8)12/h4-6H,7,13H2,1-3H3. The maximum atomic E-state index is 5.97. The van der Waals surface area contributed by atoms with Gasteiger partial charge in [0.15, 0.2) is 0 Å². The second-order valence-electron chi connectivity index (χ2n) is 4.12. The largest absolute Gasteiger partial charge is 0.497 e. The molecule has 0 saturated carbocycles. The van der Waals surface area contributed by atoms with Crippen molar-refractivity contribution >= 4 is 15.9 Å². The molecule has 0 aliphatic carbocycles. The van der Waals surface area contributed by atoms with Gasteiger partial charge in [0.05, 0.1) is 7.11 Å². The number of ether oxygens (including phenoxy) is 1. The third-order valence-corrected chi connectivity index (χ3v) is 2.67. The molecule has 0 atom stereocenters. The van der Waals surface area contributed by atoms with Gasteiger partial charge in [-0.05, 0) is 44.0 Å². The van der Waals surface area contributed by atoms with Crippen LogP contribution in [0, 0.1) is 0 Å². The van der Waals surface area contributed by atoms with E-state index in [0.29, 0.717) is 0 Å². The monoisotopic (exact) mass is 257 g/mol. The highest BCUT2D eigenvalue weighted by molar-refractivity contribution is 9.10. The number of methoxy groups -OCH3 is 1. The summed E-state index contributed by atoms with van der Waals surface area (Å²) in [5.74, 6) is 0.868. The van der Waals surface area contributed by atoms with Gasteiger partial charge < -0.3 is 10.5 Å². The highest BCUT2D eigenvalue weighted by atomic mass is 79.9. The predicted octanol–water partition coefficient (Wildman–Crippen LogP) is 2.74. The lowest BCUT2D eigenvalue weighted by molar-refractivity contribution is 0.413. The molecule has 1 aromatic carbocycles. The van der Waals surface area contributed by atoms with Gasteiger partial charge in [-0.3, -0.25) is 0 Å². The average Bonchev–Trinajstić information content (AvgIpc) is 2.06. The first-order chi connectivity index (χ1) is 6.42. The van der Waals surface area contributed by atoms with Gasteiger partial charge in [0, 0.05) is 10.0 Å². The normalized spacial score (nSPS) is 11.5. The van der Waals surface area contributed by atoms with E-state index in [1.807, 2.05) is 32.0 Å². The molecule has 0 unspecified atom stereocenters. The zero-order chi connectivity index (χ0) is 10.8. The van der Waals surface area contributed by atoms with Crippen LogP contribution in [0.2, 0.25) is 0 Å². The molecule has 2 nitrogen and oxygen atoms in total. The van der Waals surface area contributed by atoms with Crippen LogP contribution in [0.25, 0.3) is 0 Å². The molecule has 0 amide bonds. The number of nitrogens with two attached hydrogens (primary N) is 1. The first kappa shape index (κ1) is 11.5. The molecule has 0 aromatic heterocycles. The van der Waals surface area contributed by atoms with Gasteiger partial charge >= 0.3 is 0 Å².